The van der Waals surface area contributed by atoms with Gasteiger partial charge in [-0.15, -0.1) is 0 Å². The van der Waals surface area contributed by atoms with E-state index in [1.807, 2.05) is 12.1 Å². The lowest BCUT2D eigenvalue weighted by molar-refractivity contribution is -0.136. The average Bonchev–Trinajstić information content (AvgIpc) is 3.36. The van der Waals surface area contributed by atoms with E-state index in [9.17, 15) is 19.2 Å². The molecule has 1 aromatic rings. The van der Waals surface area contributed by atoms with Crippen LogP contribution in [-0.2, 0) is 9.59 Å². The highest BCUT2D eigenvalue weighted by atomic mass is 16.2. The number of carbonyl (C=O) groups excluding carboxylic acids is 4. The zero-order valence-corrected chi connectivity index (χ0v) is 17.4. The van der Waals surface area contributed by atoms with Crippen LogP contribution in [0.5, 0.6) is 0 Å². The Labute approximate surface area is 180 Å². The number of nitrogens with zero attached hydrogens (tertiary/aromatic N) is 2. The second-order valence-electron chi connectivity index (χ2n) is 9.90. The maximum Gasteiger partial charge on any atom is 0.262 e. The van der Waals surface area contributed by atoms with E-state index in [1.54, 1.807) is 6.07 Å². The first-order chi connectivity index (χ1) is 14.9. The van der Waals surface area contributed by atoms with Gasteiger partial charge in [0.25, 0.3) is 11.8 Å². The molecule has 8 nitrogen and oxygen atoms in total. The maximum absolute atomic E-state index is 13.2. The van der Waals surface area contributed by atoms with Gasteiger partial charge in [-0.3, -0.25) is 29.4 Å². The SMILES string of the molecule is O=C1CCC(N2C(=O)c3ccc(N4CC56CCCCC5(CNC6)C4)cc3C2=O)C(=O)N1. The second-order valence-corrected chi connectivity index (χ2v) is 9.90. The van der Waals surface area contributed by atoms with E-state index in [4.69, 9.17) is 0 Å². The van der Waals surface area contributed by atoms with Crippen LogP contribution in [0.3, 0.4) is 0 Å². The molecular weight excluding hydrogens is 396 g/mol. The number of benzene rings is 1. The molecule has 0 spiro atoms. The van der Waals surface area contributed by atoms with Gasteiger partial charge in [0.15, 0.2) is 0 Å². The molecule has 5 aliphatic rings. The molecule has 0 aromatic heterocycles. The van der Waals surface area contributed by atoms with Gasteiger partial charge in [-0.2, -0.15) is 0 Å². The van der Waals surface area contributed by atoms with Gasteiger partial charge in [0.05, 0.1) is 11.1 Å². The lowest BCUT2D eigenvalue weighted by Crippen LogP contribution is -2.54. The summed E-state index contributed by atoms with van der Waals surface area (Å²) in [5.41, 5.74) is 2.26. The summed E-state index contributed by atoms with van der Waals surface area (Å²) in [5.74, 6) is -1.83. The summed E-state index contributed by atoms with van der Waals surface area (Å²) < 4.78 is 0. The summed E-state index contributed by atoms with van der Waals surface area (Å²) in [6, 6.07) is 4.56. The minimum Gasteiger partial charge on any atom is -0.370 e. The van der Waals surface area contributed by atoms with Crippen molar-refractivity contribution >= 4 is 29.3 Å². The van der Waals surface area contributed by atoms with Crippen molar-refractivity contribution in [3.05, 3.63) is 29.3 Å². The quantitative estimate of drug-likeness (QED) is 0.692. The Morgan fingerprint density at radius 3 is 2.26 bits per heavy atom. The van der Waals surface area contributed by atoms with Gasteiger partial charge in [-0.1, -0.05) is 12.8 Å². The van der Waals surface area contributed by atoms with Crippen molar-refractivity contribution in [2.75, 3.05) is 31.1 Å². The number of carbonyl (C=O) groups is 4. The van der Waals surface area contributed by atoms with Crippen molar-refractivity contribution in [1.82, 2.24) is 15.5 Å². The fraction of sp³-hybridized carbons (Fsp3) is 0.565. The summed E-state index contributed by atoms with van der Waals surface area (Å²) in [6.45, 7) is 4.04. The molecule has 0 radical (unpaired) electrons. The number of imide groups is 2. The monoisotopic (exact) mass is 422 g/mol. The molecule has 4 fully saturated rings. The molecule has 1 aromatic carbocycles. The van der Waals surface area contributed by atoms with E-state index in [2.05, 4.69) is 15.5 Å². The Hall–Kier alpha value is -2.74. The summed E-state index contributed by atoms with van der Waals surface area (Å²) in [4.78, 5) is 53.3. The first kappa shape index (κ1) is 19.0. The van der Waals surface area contributed by atoms with Gasteiger partial charge in [-0.05, 0) is 37.5 Å². The van der Waals surface area contributed by atoms with Gasteiger partial charge in [0.2, 0.25) is 11.8 Å². The third-order valence-corrected chi connectivity index (χ3v) is 8.39. The largest absolute Gasteiger partial charge is 0.370 e. The number of amides is 4. The fourth-order valence-electron chi connectivity index (χ4n) is 6.78. The predicted octanol–water partition coefficient (Wildman–Crippen LogP) is 1.06. The Bertz CT molecular complexity index is 1020. The van der Waals surface area contributed by atoms with Crippen LogP contribution in [0, 0.1) is 10.8 Å². The van der Waals surface area contributed by atoms with E-state index in [-0.39, 0.29) is 18.7 Å². The van der Waals surface area contributed by atoms with Crippen molar-refractivity contribution in [3.63, 3.8) is 0 Å². The van der Waals surface area contributed by atoms with E-state index in [1.165, 1.54) is 25.7 Å². The summed E-state index contributed by atoms with van der Waals surface area (Å²) >= 11 is 0. The van der Waals surface area contributed by atoms with E-state index < -0.39 is 23.8 Å². The van der Waals surface area contributed by atoms with Crippen LogP contribution in [0.15, 0.2) is 18.2 Å². The second kappa shape index (κ2) is 6.38. The Morgan fingerprint density at radius 2 is 1.58 bits per heavy atom. The lowest BCUT2D eigenvalue weighted by Gasteiger charge is -2.42. The smallest absolute Gasteiger partial charge is 0.262 e. The minimum absolute atomic E-state index is 0.126. The molecule has 0 bridgehead atoms. The van der Waals surface area contributed by atoms with Gasteiger partial charge < -0.3 is 10.2 Å². The van der Waals surface area contributed by atoms with Crippen molar-refractivity contribution < 1.29 is 19.2 Å². The Balaban J connectivity index is 1.30. The molecule has 3 atom stereocenters. The third kappa shape index (κ3) is 2.51. The molecule has 162 valence electrons. The zero-order chi connectivity index (χ0) is 21.4. The third-order valence-electron chi connectivity index (χ3n) is 8.39. The lowest BCUT2D eigenvalue weighted by atomic mass is 9.60. The van der Waals surface area contributed by atoms with Gasteiger partial charge in [0.1, 0.15) is 6.04 Å². The van der Waals surface area contributed by atoms with E-state index in [0.717, 1.165) is 36.8 Å². The Morgan fingerprint density at radius 1 is 0.903 bits per heavy atom. The summed E-state index contributed by atoms with van der Waals surface area (Å²) in [5, 5.41) is 5.87. The van der Waals surface area contributed by atoms with Gasteiger partial charge >= 0.3 is 0 Å². The van der Waals surface area contributed by atoms with Gasteiger partial charge in [-0.25, -0.2) is 0 Å². The highest BCUT2D eigenvalue weighted by Gasteiger charge is 2.61. The minimum atomic E-state index is -0.925. The number of fused-ring (bicyclic) bond motifs is 1. The molecule has 3 unspecified atom stereocenters. The van der Waals surface area contributed by atoms with Crippen LogP contribution in [0.4, 0.5) is 5.69 Å². The number of rotatable bonds is 2. The van der Waals surface area contributed by atoms with Crippen molar-refractivity contribution in [1.29, 1.82) is 0 Å². The average molecular weight is 422 g/mol. The molecule has 3 saturated heterocycles. The molecule has 6 rings (SSSR count). The van der Waals surface area contributed by atoms with Crippen LogP contribution in [0.2, 0.25) is 0 Å². The van der Waals surface area contributed by atoms with Crippen LogP contribution < -0.4 is 15.5 Å². The van der Waals surface area contributed by atoms with Crippen molar-refractivity contribution in [3.8, 4) is 0 Å². The molecule has 4 heterocycles. The molecule has 4 aliphatic heterocycles. The van der Waals surface area contributed by atoms with Crippen molar-refractivity contribution in [2.45, 2.75) is 44.6 Å². The van der Waals surface area contributed by atoms with Crippen LogP contribution in [0.25, 0.3) is 0 Å². The van der Waals surface area contributed by atoms with E-state index in [0.29, 0.717) is 22.0 Å². The number of nitrogens with one attached hydrogen (secondary N) is 2. The number of hydrogen-bond acceptors (Lipinski definition) is 6. The van der Waals surface area contributed by atoms with Crippen molar-refractivity contribution in [2.24, 2.45) is 10.8 Å². The first-order valence-electron chi connectivity index (χ1n) is 11.2. The summed E-state index contributed by atoms with van der Waals surface area (Å²) in [7, 11) is 0. The van der Waals surface area contributed by atoms with E-state index >= 15 is 0 Å². The Kier molecular flexibility index (Phi) is 3.91. The number of anilines is 1. The molecule has 2 N–H and O–H groups in total. The molecule has 31 heavy (non-hydrogen) atoms. The first-order valence-corrected chi connectivity index (χ1v) is 11.2. The highest BCUT2D eigenvalue weighted by Crippen LogP contribution is 2.58. The molecule has 1 saturated carbocycles. The van der Waals surface area contributed by atoms with Crippen LogP contribution >= 0.6 is 0 Å². The summed E-state index contributed by atoms with van der Waals surface area (Å²) in [6.07, 6.45) is 5.32. The normalized spacial score (nSPS) is 34.6. The molecule has 1 aliphatic carbocycles. The van der Waals surface area contributed by atoms with Gasteiger partial charge in [0, 0.05) is 49.1 Å². The highest BCUT2D eigenvalue weighted by molar-refractivity contribution is 6.23. The van der Waals surface area contributed by atoms with Crippen LogP contribution in [-0.4, -0.2) is 60.7 Å². The molecule has 8 heteroatoms. The predicted molar refractivity (Wildman–Crippen MR) is 112 cm³/mol. The van der Waals surface area contributed by atoms with Crippen LogP contribution in [0.1, 0.15) is 59.2 Å². The zero-order valence-electron chi connectivity index (χ0n) is 17.4. The fourth-order valence-corrected chi connectivity index (χ4v) is 6.78. The maximum atomic E-state index is 13.2. The molecular formula is C23H26N4O4. The molecule has 4 amide bonds. The number of hydrogen-bond donors (Lipinski definition) is 2. The topological polar surface area (TPSA) is 98.8 Å². The standard InChI is InChI=1S/C23H26N4O4/c28-18-6-5-17(19(29)25-18)27-20(30)15-4-3-14(9-16(15)21(27)31)26-12-22-7-1-2-8-23(22,13-26)11-24-10-22/h3-4,9,17,24H,1-2,5-8,10-13H2,(H,25,28,29). The number of piperidine rings is 1.